The van der Waals surface area contributed by atoms with Crippen LogP contribution in [0.4, 0.5) is 17.1 Å². The predicted octanol–water partition coefficient (Wildman–Crippen LogP) is 17.8. The topological polar surface area (TPSA) is 16.4 Å². The molecule has 10 aromatic carbocycles. The average Bonchev–Trinajstić information content (AvgIpc) is 4.10. The lowest BCUT2D eigenvalue weighted by molar-refractivity contribution is 0.660. The van der Waals surface area contributed by atoms with Crippen LogP contribution < -0.4 is 4.90 Å². The van der Waals surface area contributed by atoms with Crippen molar-refractivity contribution in [3.05, 3.63) is 258 Å². The second-order valence-electron chi connectivity index (χ2n) is 18.7. The van der Waals surface area contributed by atoms with E-state index in [2.05, 4.69) is 237 Å². The van der Waals surface area contributed by atoms with Gasteiger partial charge in [-0.15, -0.1) is 11.3 Å². The summed E-state index contributed by atoms with van der Waals surface area (Å²) in [5.74, 6) is 0. The molecule has 2 nitrogen and oxygen atoms in total. The normalized spacial score (nSPS) is 14.1. The van der Waals surface area contributed by atoms with E-state index in [0.29, 0.717) is 0 Å². The minimum Gasteiger partial charge on any atom is -0.455 e. The molecule has 0 radical (unpaired) electrons. The zero-order chi connectivity index (χ0) is 44.4. The van der Waals surface area contributed by atoms with Gasteiger partial charge in [0.05, 0.1) is 5.41 Å². The molecule has 0 fully saturated rings. The van der Waals surface area contributed by atoms with E-state index in [1.807, 2.05) is 17.4 Å². The van der Waals surface area contributed by atoms with Crippen LogP contribution in [0.3, 0.4) is 0 Å². The maximum absolute atomic E-state index is 6.54. The first-order chi connectivity index (χ1) is 33.0. The summed E-state index contributed by atoms with van der Waals surface area (Å²) in [6.45, 7) is 4.74. The van der Waals surface area contributed by atoms with E-state index in [0.717, 1.165) is 50.1 Å². The largest absolute Gasteiger partial charge is 0.455 e. The molecule has 2 aromatic heterocycles. The van der Waals surface area contributed by atoms with E-state index < -0.39 is 5.41 Å². The Hall–Kier alpha value is -7.98. The van der Waals surface area contributed by atoms with Gasteiger partial charge < -0.3 is 9.32 Å². The Balaban J connectivity index is 1.01. The maximum atomic E-state index is 6.54. The highest BCUT2D eigenvalue weighted by atomic mass is 32.1. The molecule has 0 spiro atoms. The molecule has 2 heterocycles. The van der Waals surface area contributed by atoms with E-state index in [-0.39, 0.29) is 5.41 Å². The Labute approximate surface area is 393 Å². The Morgan fingerprint density at radius 2 is 1.01 bits per heavy atom. The van der Waals surface area contributed by atoms with Crippen molar-refractivity contribution >= 4 is 70.5 Å². The number of nitrogens with zero attached hydrogens (tertiary/aromatic N) is 1. The summed E-state index contributed by atoms with van der Waals surface area (Å²) >= 11 is 1.92. The zero-order valence-electron chi connectivity index (χ0n) is 37.1. The molecule has 0 atom stereocenters. The number of thiophene rings is 1. The van der Waals surface area contributed by atoms with Crippen LogP contribution in [0.5, 0.6) is 0 Å². The predicted molar refractivity (Wildman–Crippen MR) is 282 cm³/mol. The van der Waals surface area contributed by atoms with Crippen LogP contribution in [0.15, 0.2) is 229 Å². The lowest BCUT2D eigenvalue weighted by atomic mass is 9.67. The van der Waals surface area contributed by atoms with Gasteiger partial charge in [-0.3, -0.25) is 0 Å². The third-order valence-corrected chi connectivity index (χ3v) is 16.2. The highest BCUT2D eigenvalue weighted by Gasteiger charge is 2.47. The van der Waals surface area contributed by atoms with Crippen LogP contribution in [0.2, 0.25) is 0 Å². The van der Waals surface area contributed by atoms with Crippen molar-refractivity contribution in [2.75, 3.05) is 4.90 Å². The van der Waals surface area contributed by atoms with Gasteiger partial charge in [0.1, 0.15) is 11.2 Å². The van der Waals surface area contributed by atoms with E-state index in [4.69, 9.17) is 4.42 Å². The zero-order valence-corrected chi connectivity index (χ0v) is 37.9. The van der Waals surface area contributed by atoms with Gasteiger partial charge in [0.25, 0.3) is 0 Å². The number of hydrogen-bond acceptors (Lipinski definition) is 3. The highest BCUT2D eigenvalue weighted by Crippen LogP contribution is 2.60. The van der Waals surface area contributed by atoms with Gasteiger partial charge in [0.2, 0.25) is 0 Å². The molecule has 0 bridgehead atoms. The SMILES string of the molecule is CC1(C)c2ccccc2-c2ccc(N(c3ccc(-c4cccc5c4oc4ccccc45)cc3)c3ccc4c(c3)-c3c(ccc5c3sc3ccccc35)C4(c3ccccc3)c3ccccc3)cc21. The fourth-order valence-electron chi connectivity index (χ4n) is 11.9. The lowest BCUT2D eigenvalue weighted by Gasteiger charge is -2.34. The first kappa shape index (κ1) is 38.3. The smallest absolute Gasteiger partial charge is 0.143 e. The van der Waals surface area contributed by atoms with E-state index in [1.165, 1.54) is 75.8 Å². The first-order valence-electron chi connectivity index (χ1n) is 23.2. The van der Waals surface area contributed by atoms with Gasteiger partial charge in [-0.05, 0) is 104 Å². The lowest BCUT2D eigenvalue weighted by Crippen LogP contribution is -2.28. The van der Waals surface area contributed by atoms with Crippen molar-refractivity contribution < 1.29 is 4.42 Å². The van der Waals surface area contributed by atoms with Gasteiger partial charge in [0.15, 0.2) is 0 Å². The summed E-state index contributed by atoms with van der Waals surface area (Å²) in [4.78, 5) is 2.47. The molecule has 0 amide bonds. The molecule has 3 heteroatoms. The molecule has 0 saturated carbocycles. The third kappa shape index (κ3) is 5.38. The van der Waals surface area contributed by atoms with Crippen LogP contribution in [0.25, 0.3) is 75.5 Å². The Morgan fingerprint density at radius 3 is 1.82 bits per heavy atom. The van der Waals surface area contributed by atoms with Gasteiger partial charge in [-0.25, -0.2) is 0 Å². The molecule has 14 rings (SSSR count). The number of furan rings is 1. The van der Waals surface area contributed by atoms with Crippen molar-refractivity contribution in [2.24, 2.45) is 0 Å². The number of hydrogen-bond donors (Lipinski definition) is 0. The van der Waals surface area contributed by atoms with E-state index >= 15 is 0 Å². The van der Waals surface area contributed by atoms with Crippen LogP contribution in [-0.4, -0.2) is 0 Å². The summed E-state index contributed by atoms with van der Waals surface area (Å²) in [7, 11) is 0. The fraction of sp³-hybridized carbons (Fsp3) is 0.0625. The minimum absolute atomic E-state index is 0.155. The average molecular weight is 874 g/mol. The summed E-state index contributed by atoms with van der Waals surface area (Å²) in [5, 5.41) is 4.88. The Bertz CT molecular complexity index is 3910. The van der Waals surface area contributed by atoms with E-state index in [1.54, 1.807) is 0 Å². The van der Waals surface area contributed by atoms with Crippen LogP contribution >= 0.6 is 11.3 Å². The quantitative estimate of drug-likeness (QED) is 0.165. The number of benzene rings is 10. The van der Waals surface area contributed by atoms with Gasteiger partial charge in [0, 0.05) is 64.5 Å². The molecule has 67 heavy (non-hydrogen) atoms. The first-order valence-corrected chi connectivity index (χ1v) is 24.1. The number of para-hydroxylation sites is 2. The standard InChI is InChI=1S/C64H43NOS/c1-63(2)54-25-12-9-20-47(54)48-34-32-45(39-57(48)63)65(43-30-28-40(29-31-43)46-23-15-24-51-49-21-10-13-26-58(49)66-61(46)51)44-33-36-55-53(38-44)60-56(37-35-52-50-22-11-14-27-59(50)67-62(52)60)64(55,41-16-5-3-6-17-41)42-18-7-4-8-19-42/h3-39H,1-2H3. The molecular weight excluding hydrogens is 831 g/mol. The minimum atomic E-state index is -0.524. The molecule has 0 unspecified atom stereocenters. The van der Waals surface area contributed by atoms with Crippen molar-refractivity contribution in [1.29, 1.82) is 0 Å². The monoisotopic (exact) mass is 873 g/mol. The Morgan fingerprint density at radius 1 is 0.403 bits per heavy atom. The van der Waals surface area contributed by atoms with Gasteiger partial charge in [-0.2, -0.15) is 0 Å². The second-order valence-corrected chi connectivity index (χ2v) is 19.8. The highest BCUT2D eigenvalue weighted by molar-refractivity contribution is 7.26. The summed E-state index contributed by atoms with van der Waals surface area (Å²) < 4.78 is 9.17. The van der Waals surface area contributed by atoms with Crippen molar-refractivity contribution in [3.63, 3.8) is 0 Å². The molecular formula is C64H43NOS. The van der Waals surface area contributed by atoms with Crippen LogP contribution in [-0.2, 0) is 10.8 Å². The summed E-state index contributed by atoms with van der Waals surface area (Å²) in [6.07, 6.45) is 0. The van der Waals surface area contributed by atoms with Gasteiger partial charge >= 0.3 is 0 Å². The molecule has 0 aliphatic heterocycles. The molecule has 2 aliphatic carbocycles. The van der Waals surface area contributed by atoms with Gasteiger partial charge in [-0.1, -0.05) is 190 Å². The van der Waals surface area contributed by atoms with Crippen molar-refractivity contribution in [3.8, 4) is 33.4 Å². The maximum Gasteiger partial charge on any atom is 0.143 e. The third-order valence-electron chi connectivity index (χ3n) is 15.0. The molecule has 0 saturated heterocycles. The second kappa shape index (κ2) is 14.3. The molecule has 0 N–H and O–H groups in total. The summed E-state index contributed by atoms with van der Waals surface area (Å²) in [6, 6.07) is 83.2. The number of fused-ring (bicyclic) bond motifs is 13. The molecule has 316 valence electrons. The number of rotatable bonds is 6. The summed E-state index contributed by atoms with van der Waals surface area (Å²) in [5.41, 5.74) is 19.8. The van der Waals surface area contributed by atoms with Crippen LogP contribution in [0, 0.1) is 0 Å². The molecule has 2 aliphatic rings. The fourth-order valence-corrected chi connectivity index (χ4v) is 13.2. The number of anilines is 3. The van der Waals surface area contributed by atoms with Crippen molar-refractivity contribution in [2.45, 2.75) is 24.7 Å². The van der Waals surface area contributed by atoms with Crippen LogP contribution in [0.1, 0.15) is 47.2 Å². The Kier molecular flexibility index (Phi) is 8.15. The van der Waals surface area contributed by atoms with Crippen molar-refractivity contribution in [1.82, 2.24) is 0 Å². The molecule has 12 aromatic rings. The van der Waals surface area contributed by atoms with E-state index in [9.17, 15) is 0 Å².